The van der Waals surface area contributed by atoms with E-state index in [2.05, 4.69) is 9.47 Å². The summed E-state index contributed by atoms with van der Waals surface area (Å²) in [5.74, 6) is -1.32. The van der Waals surface area contributed by atoms with Crippen molar-refractivity contribution >= 4 is 34.9 Å². The molecule has 0 heterocycles. The molecule has 0 fully saturated rings. The van der Waals surface area contributed by atoms with E-state index in [1.165, 1.54) is 37.3 Å². The number of benzene rings is 1. The maximum Gasteiger partial charge on any atom is 0.325 e. The molecule has 0 saturated heterocycles. The van der Waals surface area contributed by atoms with Gasteiger partial charge in [0, 0.05) is 11.1 Å². The summed E-state index contributed by atoms with van der Waals surface area (Å²) in [6, 6.07) is 3.84. The standard InChI is InChI=1S/C12H13ClN2O6/c1-20-11(16)6-14(7-12(17)21-2)10-5-8(13)3-4-9(10)15(18)19/h3-5H,6-7H2,1-2H3. The Bertz CT molecular complexity index is 545. The SMILES string of the molecule is COC(=O)CN(CC(=O)OC)c1cc(Cl)ccc1[N+](=O)[O-]. The van der Waals surface area contributed by atoms with Crippen LogP contribution < -0.4 is 4.90 Å². The zero-order chi connectivity index (χ0) is 16.0. The second kappa shape index (κ2) is 7.44. The minimum atomic E-state index is -0.659. The first kappa shape index (κ1) is 16.7. The third-order valence-corrected chi connectivity index (χ3v) is 2.81. The first-order chi connectivity index (χ1) is 9.88. The molecule has 9 heteroatoms. The van der Waals surface area contributed by atoms with E-state index in [0.717, 1.165) is 0 Å². The molecule has 0 spiro atoms. The van der Waals surface area contributed by atoms with E-state index in [4.69, 9.17) is 11.6 Å². The number of nitro groups is 1. The summed E-state index contributed by atoms with van der Waals surface area (Å²) in [5, 5.41) is 11.3. The number of nitro benzene ring substituents is 1. The van der Waals surface area contributed by atoms with E-state index in [9.17, 15) is 19.7 Å². The molecular formula is C12H13ClN2O6. The Labute approximate surface area is 125 Å². The Morgan fingerprint density at radius 1 is 1.24 bits per heavy atom. The summed E-state index contributed by atoms with van der Waals surface area (Å²) in [6.45, 7) is -0.709. The molecule has 8 nitrogen and oxygen atoms in total. The summed E-state index contributed by atoms with van der Waals surface area (Å²) >= 11 is 5.82. The second-order valence-corrected chi connectivity index (χ2v) is 4.33. The Kier molecular flexibility index (Phi) is 5.92. The lowest BCUT2D eigenvalue weighted by molar-refractivity contribution is -0.384. The van der Waals surface area contributed by atoms with Gasteiger partial charge in [0.25, 0.3) is 5.69 Å². The zero-order valence-electron chi connectivity index (χ0n) is 11.4. The number of rotatable bonds is 6. The van der Waals surface area contributed by atoms with Gasteiger partial charge in [-0.05, 0) is 12.1 Å². The van der Waals surface area contributed by atoms with E-state index in [1.54, 1.807) is 0 Å². The van der Waals surface area contributed by atoms with Crippen molar-refractivity contribution in [2.24, 2.45) is 0 Å². The van der Waals surface area contributed by atoms with Gasteiger partial charge in [-0.2, -0.15) is 0 Å². The highest BCUT2D eigenvalue weighted by atomic mass is 35.5. The lowest BCUT2D eigenvalue weighted by Crippen LogP contribution is -2.36. The van der Waals surface area contributed by atoms with Crippen molar-refractivity contribution in [2.75, 3.05) is 32.2 Å². The predicted molar refractivity (Wildman–Crippen MR) is 74.4 cm³/mol. The Hall–Kier alpha value is -2.35. The summed E-state index contributed by atoms with van der Waals surface area (Å²) in [6.07, 6.45) is 0. The van der Waals surface area contributed by atoms with Crippen LogP contribution >= 0.6 is 11.6 Å². The average Bonchev–Trinajstić information content (AvgIpc) is 2.45. The van der Waals surface area contributed by atoms with Crippen LogP contribution in [0.3, 0.4) is 0 Å². The van der Waals surface area contributed by atoms with Crippen LogP contribution in [-0.2, 0) is 19.1 Å². The highest BCUT2D eigenvalue weighted by Gasteiger charge is 2.24. The minimum absolute atomic E-state index is 0.0308. The molecule has 0 atom stereocenters. The van der Waals surface area contributed by atoms with Crippen molar-refractivity contribution in [2.45, 2.75) is 0 Å². The van der Waals surface area contributed by atoms with E-state index in [1.807, 2.05) is 0 Å². The van der Waals surface area contributed by atoms with Crippen molar-refractivity contribution in [3.05, 3.63) is 33.3 Å². The molecule has 114 valence electrons. The topological polar surface area (TPSA) is 99.0 Å². The third kappa shape index (κ3) is 4.60. The van der Waals surface area contributed by atoms with Crippen LogP contribution in [0.1, 0.15) is 0 Å². The number of methoxy groups -OCH3 is 2. The van der Waals surface area contributed by atoms with E-state index < -0.39 is 16.9 Å². The van der Waals surface area contributed by atoms with Crippen molar-refractivity contribution < 1.29 is 24.0 Å². The second-order valence-electron chi connectivity index (χ2n) is 3.90. The number of hydrogen-bond donors (Lipinski definition) is 0. The molecule has 0 aliphatic rings. The van der Waals surface area contributed by atoms with Crippen LogP contribution in [-0.4, -0.2) is 44.2 Å². The number of carbonyl (C=O) groups excluding carboxylic acids is 2. The van der Waals surface area contributed by atoms with Gasteiger partial charge >= 0.3 is 11.9 Å². The summed E-state index contributed by atoms with van der Waals surface area (Å²) < 4.78 is 9.02. The highest BCUT2D eigenvalue weighted by Crippen LogP contribution is 2.31. The van der Waals surface area contributed by atoms with Crippen LogP contribution in [0.2, 0.25) is 5.02 Å². The molecular weight excluding hydrogens is 304 g/mol. The fourth-order valence-corrected chi connectivity index (χ4v) is 1.74. The number of carbonyl (C=O) groups is 2. The van der Waals surface area contributed by atoms with Gasteiger partial charge in [-0.15, -0.1) is 0 Å². The maximum atomic E-state index is 11.4. The fraction of sp³-hybridized carbons (Fsp3) is 0.333. The van der Waals surface area contributed by atoms with Gasteiger partial charge in [-0.1, -0.05) is 11.6 Å². The van der Waals surface area contributed by atoms with Crippen LogP contribution in [0.15, 0.2) is 18.2 Å². The van der Waals surface area contributed by atoms with Crippen LogP contribution in [0.25, 0.3) is 0 Å². The molecule has 1 aromatic rings. The summed E-state index contributed by atoms with van der Waals surface area (Å²) in [4.78, 5) is 34.4. The van der Waals surface area contributed by atoms with E-state index in [0.29, 0.717) is 0 Å². The molecule has 0 N–H and O–H groups in total. The number of ether oxygens (including phenoxy) is 2. The fourth-order valence-electron chi connectivity index (χ4n) is 1.57. The predicted octanol–water partition coefficient (Wildman–Crippen LogP) is 1.40. The third-order valence-electron chi connectivity index (χ3n) is 2.57. The Balaban J connectivity index is 3.23. The number of anilines is 1. The first-order valence-corrected chi connectivity index (χ1v) is 6.09. The lowest BCUT2D eigenvalue weighted by Gasteiger charge is -2.22. The van der Waals surface area contributed by atoms with Gasteiger partial charge in [0.1, 0.15) is 18.8 Å². The number of halogens is 1. The summed E-state index contributed by atoms with van der Waals surface area (Å²) in [7, 11) is 2.34. The van der Waals surface area contributed by atoms with E-state index >= 15 is 0 Å². The van der Waals surface area contributed by atoms with E-state index in [-0.39, 0.29) is 29.5 Å². The molecule has 1 rings (SSSR count). The molecule has 0 unspecified atom stereocenters. The molecule has 0 aliphatic carbocycles. The molecule has 0 radical (unpaired) electrons. The lowest BCUT2D eigenvalue weighted by atomic mass is 10.2. The van der Waals surface area contributed by atoms with Gasteiger partial charge in [0.2, 0.25) is 0 Å². The van der Waals surface area contributed by atoms with Crippen LogP contribution in [0.5, 0.6) is 0 Å². The van der Waals surface area contributed by atoms with Gasteiger partial charge in [0.15, 0.2) is 0 Å². The van der Waals surface area contributed by atoms with Crippen molar-refractivity contribution in [3.8, 4) is 0 Å². The maximum absolute atomic E-state index is 11.4. The zero-order valence-corrected chi connectivity index (χ0v) is 12.1. The average molecular weight is 317 g/mol. The summed E-state index contributed by atoms with van der Waals surface area (Å²) in [5.41, 5.74) is -0.254. The van der Waals surface area contributed by atoms with Gasteiger partial charge in [-0.3, -0.25) is 19.7 Å². The number of hydrogen-bond acceptors (Lipinski definition) is 7. The van der Waals surface area contributed by atoms with Gasteiger partial charge in [0.05, 0.1) is 19.1 Å². The molecule has 0 saturated carbocycles. The highest BCUT2D eigenvalue weighted by molar-refractivity contribution is 6.31. The van der Waals surface area contributed by atoms with Gasteiger partial charge < -0.3 is 14.4 Å². The molecule has 0 aromatic heterocycles. The molecule has 0 bridgehead atoms. The molecule has 21 heavy (non-hydrogen) atoms. The Morgan fingerprint density at radius 3 is 2.19 bits per heavy atom. The monoisotopic (exact) mass is 316 g/mol. The normalized spacial score (nSPS) is 9.86. The largest absolute Gasteiger partial charge is 0.468 e. The molecule has 0 amide bonds. The smallest absolute Gasteiger partial charge is 0.325 e. The molecule has 1 aromatic carbocycles. The van der Waals surface area contributed by atoms with Crippen molar-refractivity contribution in [1.29, 1.82) is 0 Å². The first-order valence-electron chi connectivity index (χ1n) is 5.71. The quantitative estimate of drug-likeness (QED) is 0.444. The van der Waals surface area contributed by atoms with Crippen molar-refractivity contribution in [1.82, 2.24) is 0 Å². The number of esters is 2. The molecule has 0 aliphatic heterocycles. The Morgan fingerprint density at radius 2 is 1.76 bits per heavy atom. The van der Waals surface area contributed by atoms with Gasteiger partial charge in [-0.25, -0.2) is 0 Å². The minimum Gasteiger partial charge on any atom is -0.468 e. The van der Waals surface area contributed by atoms with Crippen LogP contribution in [0, 0.1) is 10.1 Å². The number of nitrogens with zero attached hydrogens (tertiary/aromatic N) is 2. The van der Waals surface area contributed by atoms with Crippen LogP contribution in [0.4, 0.5) is 11.4 Å². The van der Waals surface area contributed by atoms with Crippen molar-refractivity contribution in [3.63, 3.8) is 0 Å².